The Bertz CT molecular complexity index is 1700. The Hall–Kier alpha value is -3.21. The molecule has 1 saturated heterocycles. The standard InChI is InChI=1S/C25H22BrF2N7O4S/c1-10-29-25(35(32-10)13-3-4-16-19(7-13)40-11(2)30-16)24-23(38)21(22(37)18(9-36)39-24)34-8-17(31-33-34)12-5-14(27)20(26)15(28)6-12/h3-8,18,21-24,36-38H,9H2,1-2H3/t18-,21+,22+,23-,24-/m1/s1. The summed E-state index contributed by atoms with van der Waals surface area (Å²) in [6, 6.07) is 6.61. The molecule has 6 rings (SSSR count). The predicted octanol–water partition coefficient (Wildman–Crippen LogP) is 3.19. The molecule has 11 nitrogen and oxygen atoms in total. The normalized spacial score (nSPS) is 23.2. The number of halogens is 3. The van der Waals surface area contributed by atoms with E-state index < -0.39 is 48.7 Å². The number of aryl methyl sites for hydroxylation is 2. The molecule has 1 aliphatic heterocycles. The van der Waals surface area contributed by atoms with Gasteiger partial charge >= 0.3 is 0 Å². The molecule has 4 heterocycles. The molecule has 3 N–H and O–H groups in total. The average molecular weight is 634 g/mol. The molecule has 40 heavy (non-hydrogen) atoms. The second-order valence-electron chi connectivity index (χ2n) is 9.40. The van der Waals surface area contributed by atoms with Crippen LogP contribution in [-0.4, -0.2) is 75.0 Å². The molecule has 208 valence electrons. The highest BCUT2D eigenvalue weighted by molar-refractivity contribution is 9.10. The summed E-state index contributed by atoms with van der Waals surface area (Å²) in [5.74, 6) is -0.981. The van der Waals surface area contributed by atoms with Crippen molar-refractivity contribution in [3.63, 3.8) is 0 Å². The van der Waals surface area contributed by atoms with Gasteiger partial charge in [0.25, 0.3) is 0 Å². The fourth-order valence-electron chi connectivity index (χ4n) is 4.85. The molecule has 0 bridgehead atoms. The molecular weight excluding hydrogens is 612 g/mol. The number of nitrogens with zero attached hydrogens (tertiary/aromatic N) is 7. The maximum Gasteiger partial charge on any atom is 0.164 e. The van der Waals surface area contributed by atoms with Crippen LogP contribution in [0.5, 0.6) is 0 Å². The third kappa shape index (κ3) is 4.61. The van der Waals surface area contributed by atoms with Crippen molar-refractivity contribution in [1.82, 2.24) is 34.7 Å². The van der Waals surface area contributed by atoms with E-state index >= 15 is 0 Å². The number of aliphatic hydroxyl groups is 3. The van der Waals surface area contributed by atoms with E-state index in [1.807, 2.05) is 25.1 Å². The zero-order chi connectivity index (χ0) is 28.3. The van der Waals surface area contributed by atoms with Gasteiger partial charge < -0.3 is 20.1 Å². The van der Waals surface area contributed by atoms with Crippen LogP contribution in [0.15, 0.2) is 41.0 Å². The zero-order valence-corrected chi connectivity index (χ0v) is 23.4. The first kappa shape index (κ1) is 27.0. The van der Waals surface area contributed by atoms with Crippen LogP contribution >= 0.6 is 27.3 Å². The molecule has 5 atom stereocenters. The van der Waals surface area contributed by atoms with Gasteiger partial charge in [0.15, 0.2) is 5.82 Å². The molecule has 15 heteroatoms. The first-order valence-corrected chi connectivity index (χ1v) is 13.8. The molecule has 0 saturated carbocycles. The Kier molecular flexibility index (Phi) is 6.96. The number of aliphatic hydroxyl groups excluding tert-OH is 3. The van der Waals surface area contributed by atoms with E-state index in [1.165, 1.54) is 22.2 Å². The minimum atomic E-state index is -1.43. The van der Waals surface area contributed by atoms with Gasteiger partial charge in [0.2, 0.25) is 0 Å². The number of ether oxygens (including phenoxy) is 1. The van der Waals surface area contributed by atoms with E-state index in [0.29, 0.717) is 11.5 Å². The molecule has 5 aromatic rings. The second-order valence-corrected chi connectivity index (χ2v) is 11.4. The highest BCUT2D eigenvalue weighted by atomic mass is 79.9. The quantitative estimate of drug-likeness (QED) is 0.249. The van der Waals surface area contributed by atoms with Crippen molar-refractivity contribution < 1.29 is 28.8 Å². The fraction of sp³-hybridized carbons (Fsp3) is 0.320. The summed E-state index contributed by atoms with van der Waals surface area (Å²) in [6.45, 7) is 3.05. The van der Waals surface area contributed by atoms with E-state index in [9.17, 15) is 24.1 Å². The van der Waals surface area contributed by atoms with Crippen LogP contribution in [0.1, 0.15) is 28.8 Å². The van der Waals surface area contributed by atoms with Gasteiger partial charge in [-0.1, -0.05) is 5.21 Å². The van der Waals surface area contributed by atoms with E-state index in [1.54, 1.807) is 11.6 Å². The number of aromatic nitrogens is 7. The Morgan fingerprint density at radius 1 is 1.07 bits per heavy atom. The smallest absolute Gasteiger partial charge is 0.164 e. The summed E-state index contributed by atoms with van der Waals surface area (Å²) in [5.41, 5.74) is 1.73. The molecule has 0 radical (unpaired) electrons. The molecule has 0 unspecified atom stereocenters. The zero-order valence-electron chi connectivity index (χ0n) is 21.0. The number of rotatable bonds is 5. The summed E-state index contributed by atoms with van der Waals surface area (Å²) in [4.78, 5) is 8.99. The van der Waals surface area contributed by atoms with Gasteiger partial charge in [0, 0.05) is 5.56 Å². The SMILES string of the molecule is Cc1nc([C@@H]2O[C@H](CO)[C@H](O)[C@H](n3cc(-c4cc(F)c(Br)c(F)c4)nn3)[C@H]2O)n(-c2ccc3nc(C)sc3c2)n1. The third-order valence-corrected chi connectivity index (χ3v) is 8.39. The summed E-state index contributed by atoms with van der Waals surface area (Å²) >= 11 is 4.37. The van der Waals surface area contributed by atoms with E-state index in [4.69, 9.17) is 4.74 Å². The van der Waals surface area contributed by atoms with Crippen LogP contribution in [0.3, 0.4) is 0 Å². The van der Waals surface area contributed by atoms with Gasteiger partial charge in [-0.3, -0.25) is 0 Å². The molecule has 0 spiro atoms. The second kappa shape index (κ2) is 10.3. The Morgan fingerprint density at radius 2 is 1.82 bits per heavy atom. The maximum absolute atomic E-state index is 14.1. The van der Waals surface area contributed by atoms with Crippen molar-refractivity contribution >= 4 is 37.5 Å². The van der Waals surface area contributed by atoms with Crippen LogP contribution < -0.4 is 0 Å². The number of hydrogen-bond donors (Lipinski definition) is 3. The summed E-state index contributed by atoms with van der Waals surface area (Å²) in [6.07, 6.45) is -3.74. The first-order valence-electron chi connectivity index (χ1n) is 12.1. The molecular formula is C25H22BrF2N7O4S. The van der Waals surface area contributed by atoms with Crippen molar-refractivity contribution in [2.75, 3.05) is 6.61 Å². The number of benzene rings is 2. The molecule has 1 aliphatic rings. The van der Waals surface area contributed by atoms with Crippen LogP contribution in [0.4, 0.5) is 8.78 Å². The van der Waals surface area contributed by atoms with Gasteiger partial charge in [-0.2, -0.15) is 5.10 Å². The predicted molar refractivity (Wildman–Crippen MR) is 143 cm³/mol. The van der Waals surface area contributed by atoms with Gasteiger partial charge in [0.1, 0.15) is 53.6 Å². The molecule has 0 amide bonds. The van der Waals surface area contributed by atoms with Crippen molar-refractivity contribution in [3.8, 4) is 16.9 Å². The summed E-state index contributed by atoms with van der Waals surface area (Å²) < 4.78 is 37.6. The Balaban J connectivity index is 1.39. The summed E-state index contributed by atoms with van der Waals surface area (Å²) in [7, 11) is 0. The Morgan fingerprint density at radius 3 is 2.55 bits per heavy atom. The molecule has 0 aliphatic carbocycles. The van der Waals surface area contributed by atoms with Gasteiger partial charge in [-0.25, -0.2) is 28.1 Å². The summed E-state index contributed by atoms with van der Waals surface area (Å²) in [5, 5.41) is 46.0. The largest absolute Gasteiger partial charge is 0.394 e. The number of thiazole rings is 1. The van der Waals surface area contributed by atoms with Gasteiger partial charge in [-0.15, -0.1) is 16.4 Å². The minimum absolute atomic E-state index is 0.111. The van der Waals surface area contributed by atoms with Crippen molar-refractivity contribution in [3.05, 3.63) is 69.3 Å². The number of hydrogen-bond acceptors (Lipinski definition) is 10. The van der Waals surface area contributed by atoms with E-state index in [-0.39, 0.29) is 21.6 Å². The lowest BCUT2D eigenvalue weighted by Crippen LogP contribution is -2.53. The molecule has 3 aromatic heterocycles. The average Bonchev–Trinajstić information content (AvgIpc) is 3.64. The minimum Gasteiger partial charge on any atom is -0.394 e. The van der Waals surface area contributed by atoms with Crippen LogP contribution in [0, 0.1) is 25.5 Å². The third-order valence-electron chi connectivity index (χ3n) is 6.70. The fourth-order valence-corrected chi connectivity index (χ4v) is 5.94. The van der Waals surface area contributed by atoms with Gasteiger partial charge in [-0.05, 0) is 60.1 Å². The van der Waals surface area contributed by atoms with E-state index in [2.05, 4.69) is 41.3 Å². The van der Waals surface area contributed by atoms with Crippen LogP contribution in [-0.2, 0) is 4.74 Å². The lowest BCUT2D eigenvalue weighted by molar-refractivity contribution is -0.210. The first-order chi connectivity index (χ1) is 19.1. The van der Waals surface area contributed by atoms with Crippen molar-refractivity contribution in [2.24, 2.45) is 0 Å². The molecule has 2 aromatic carbocycles. The number of fused-ring (bicyclic) bond motifs is 1. The van der Waals surface area contributed by atoms with Crippen molar-refractivity contribution in [2.45, 2.75) is 44.3 Å². The van der Waals surface area contributed by atoms with Crippen molar-refractivity contribution in [1.29, 1.82) is 0 Å². The highest BCUT2D eigenvalue weighted by Crippen LogP contribution is 2.39. The lowest BCUT2D eigenvalue weighted by Gasteiger charge is -2.41. The topological polar surface area (TPSA) is 144 Å². The Labute approximate surface area is 237 Å². The monoisotopic (exact) mass is 633 g/mol. The van der Waals surface area contributed by atoms with Crippen LogP contribution in [0.25, 0.3) is 27.2 Å². The highest BCUT2D eigenvalue weighted by Gasteiger charge is 2.48. The lowest BCUT2D eigenvalue weighted by atomic mass is 9.92. The maximum atomic E-state index is 14.1. The van der Waals surface area contributed by atoms with E-state index in [0.717, 1.165) is 27.4 Å². The van der Waals surface area contributed by atoms with Gasteiger partial charge in [0.05, 0.1) is 38.2 Å². The van der Waals surface area contributed by atoms with Crippen LogP contribution in [0.2, 0.25) is 0 Å². The molecule has 1 fully saturated rings.